The van der Waals surface area contributed by atoms with Crippen LogP contribution >= 0.6 is 22.6 Å². The summed E-state index contributed by atoms with van der Waals surface area (Å²) in [6.07, 6.45) is 0.626. The second-order valence-corrected chi connectivity index (χ2v) is 13.4. The van der Waals surface area contributed by atoms with Gasteiger partial charge in [0.05, 0.1) is 12.2 Å². The lowest BCUT2D eigenvalue weighted by Crippen LogP contribution is -2.68. The van der Waals surface area contributed by atoms with Crippen LogP contribution in [0.15, 0.2) is 60.7 Å². The molecule has 1 heterocycles. The van der Waals surface area contributed by atoms with Gasteiger partial charge < -0.3 is 14.3 Å². The van der Waals surface area contributed by atoms with Crippen molar-refractivity contribution in [2.75, 3.05) is 4.43 Å². The zero-order valence-corrected chi connectivity index (χ0v) is 19.4. The second kappa shape index (κ2) is 8.74. The van der Waals surface area contributed by atoms with Crippen LogP contribution in [0.5, 0.6) is 0 Å². The minimum atomic E-state index is -2.58. The van der Waals surface area contributed by atoms with Gasteiger partial charge in [-0.25, -0.2) is 0 Å². The lowest BCUT2D eigenvalue weighted by Gasteiger charge is -2.46. The van der Waals surface area contributed by atoms with Crippen molar-refractivity contribution >= 4 is 41.3 Å². The number of hydrogen-bond donors (Lipinski definition) is 1. The molecule has 0 bridgehead atoms. The van der Waals surface area contributed by atoms with Crippen molar-refractivity contribution in [1.82, 2.24) is 0 Å². The first kappa shape index (κ1) is 21.0. The van der Waals surface area contributed by atoms with Gasteiger partial charge in [0.15, 0.2) is 6.29 Å². The number of alkyl halides is 1. The molecule has 0 amide bonds. The minimum absolute atomic E-state index is 0.0141. The third-order valence-corrected chi connectivity index (χ3v) is 11.3. The molecule has 27 heavy (non-hydrogen) atoms. The number of hydrogen-bond acceptors (Lipinski definition) is 3. The van der Waals surface area contributed by atoms with E-state index in [1.165, 1.54) is 10.4 Å². The van der Waals surface area contributed by atoms with Crippen molar-refractivity contribution in [2.45, 2.75) is 57.1 Å². The Kier molecular flexibility index (Phi) is 6.79. The van der Waals surface area contributed by atoms with Crippen LogP contribution in [0.1, 0.15) is 33.6 Å². The maximum absolute atomic E-state index is 10.2. The van der Waals surface area contributed by atoms with Crippen LogP contribution in [0.25, 0.3) is 0 Å². The summed E-state index contributed by atoms with van der Waals surface area (Å²) in [5.41, 5.74) is 0. The molecule has 1 fully saturated rings. The summed E-state index contributed by atoms with van der Waals surface area (Å²) in [7, 11) is -2.58. The minimum Gasteiger partial charge on any atom is -0.404 e. The summed E-state index contributed by atoms with van der Waals surface area (Å²) < 4.78 is 13.6. The quantitative estimate of drug-likeness (QED) is 0.388. The molecule has 1 aliphatic heterocycles. The van der Waals surface area contributed by atoms with Crippen LogP contribution in [0, 0.1) is 0 Å². The van der Waals surface area contributed by atoms with E-state index in [1.807, 2.05) is 0 Å². The van der Waals surface area contributed by atoms with Gasteiger partial charge in [-0.2, -0.15) is 0 Å². The molecule has 0 aliphatic carbocycles. The molecule has 1 saturated heterocycles. The van der Waals surface area contributed by atoms with Gasteiger partial charge in [-0.1, -0.05) is 104 Å². The molecule has 0 saturated carbocycles. The summed E-state index contributed by atoms with van der Waals surface area (Å²) >= 11 is 2.32. The molecule has 3 unspecified atom stereocenters. The number of aliphatic hydroxyl groups is 1. The van der Waals surface area contributed by atoms with E-state index in [2.05, 4.69) is 104 Å². The van der Waals surface area contributed by atoms with E-state index in [9.17, 15) is 5.11 Å². The van der Waals surface area contributed by atoms with Crippen LogP contribution < -0.4 is 10.4 Å². The fourth-order valence-corrected chi connectivity index (χ4v) is 9.36. The molecule has 1 N–H and O–H groups in total. The van der Waals surface area contributed by atoms with E-state index in [1.54, 1.807) is 0 Å². The van der Waals surface area contributed by atoms with E-state index in [0.717, 1.165) is 10.8 Å². The molecule has 0 aromatic heterocycles. The van der Waals surface area contributed by atoms with Crippen molar-refractivity contribution in [2.24, 2.45) is 0 Å². The number of halogens is 1. The van der Waals surface area contributed by atoms with Crippen LogP contribution in [0.2, 0.25) is 5.04 Å². The monoisotopic (exact) mass is 496 g/mol. The number of ether oxygens (including phenoxy) is 1. The Hall–Kier alpha value is -0.733. The Morgan fingerprint density at radius 2 is 1.52 bits per heavy atom. The lowest BCUT2D eigenvalue weighted by molar-refractivity contribution is -0.178. The zero-order valence-electron chi connectivity index (χ0n) is 16.3. The summed E-state index contributed by atoms with van der Waals surface area (Å²) in [6, 6.07) is 21.3. The molecule has 1 aliphatic rings. The van der Waals surface area contributed by atoms with Gasteiger partial charge in [0.25, 0.3) is 8.32 Å². The van der Waals surface area contributed by atoms with Crippen molar-refractivity contribution in [3.63, 3.8) is 0 Å². The Balaban J connectivity index is 2.09. The SMILES string of the molecule is CC(C)(C)[Si](OC1CC(O)OC(CI)C1)(c1ccccc1)c1ccccc1. The Morgan fingerprint density at radius 3 is 1.96 bits per heavy atom. The Morgan fingerprint density at radius 1 is 1.00 bits per heavy atom. The lowest BCUT2D eigenvalue weighted by atomic mass is 10.1. The normalized spacial score (nSPS) is 24.0. The summed E-state index contributed by atoms with van der Waals surface area (Å²) in [4.78, 5) is 0. The first-order valence-electron chi connectivity index (χ1n) is 9.55. The highest BCUT2D eigenvalue weighted by Gasteiger charge is 2.52. The van der Waals surface area contributed by atoms with Crippen molar-refractivity contribution < 1.29 is 14.3 Å². The van der Waals surface area contributed by atoms with E-state index < -0.39 is 14.6 Å². The molecule has 146 valence electrons. The smallest absolute Gasteiger partial charge is 0.261 e. The summed E-state index contributed by atoms with van der Waals surface area (Å²) in [5, 5.41) is 12.7. The first-order valence-corrected chi connectivity index (χ1v) is 13.0. The molecule has 2 aromatic rings. The standard InChI is InChI=1S/C22H29IO3Si/c1-22(2,3)27(19-10-6-4-7-11-19,20-12-8-5-9-13-20)26-17-14-18(16-23)25-21(24)15-17/h4-13,17-18,21,24H,14-16H2,1-3H3. The molecule has 3 rings (SSSR count). The predicted octanol–water partition coefficient (Wildman–Crippen LogP) is 3.86. The van der Waals surface area contributed by atoms with Gasteiger partial charge in [0.1, 0.15) is 0 Å². The molecule has 0 radical (unpaired) electrons. The van der Waals surface area contributed by atoms with Crippen LogP contribution in [-0.2, 0) is 9.16 Å². The van der Waals surface area contributed by atoms with Crippen LogP contribution in [0.4, 0.5) is 0 Å². The van der Waals surface area contributed by atoms with Gasteiger partial charge in [0.2, 0.25) is 0 Å². The number of aliphatic hydroxyl groups excluding tert-OH is 1. The number of benzene rings is 2. The van der Waals surface area contributed by atoms with Crippen LogP contribution in [0.3, 0.4) is 0 Å². The highest BCUT2D eigenvalue weighted by molar-refractivity contribution is 14.1. The highest BCUT2D eigenvalue weighted by atomic mass is 127. The predicted molar refractivity (Wildman–Crippen MR) is 121 cm³/mol. The van der Waals surface area contributed by atoms with E-state index in [0.29, 0.717) is 6.42 Å². The summed E-state index contributed by atoms with van der Waals surface area (Å²) in [6.45, 7) is 6.85. The van der Waals surface area contributed by atoms with Crippen molar-refractivity contribution in [3.8, 4) is 0 Å². The van der Waals surface area contributed by atoms with E-state index in [4.69, 9.17) is 9.16 Å². The Labute approximate surface area is 177 Å². The number of rotatable bonds is 5. The maximum atomic E-state index is 10.2. The highest BCUT2D eigenvalue weighted by Crippen LogP contribution is 2.39. The van der Waals surface area contributed by atoms with E-state index >= 15 is 0 Å². The third kappa shape index (κ3) is 4.48. The average molecular weight is 496 g/mol. The molecule has 5 heteroatoms. The van der Waals surface area contributed by atoms with Crippen LogP contribution in [-0.4, -0.2) is 36.3 Å². The largest absolute Gasteiger partial charge is 0.404 e. The fourth-order valence-electron chi connectivity index (χ4n) is 4.08. The molecule has 2 aromatic carbocycles. The van der Waals surface area contributed by atoms with Gasteiger partial charge >= 0.3 is 0 Å². The van der Waals surface area contributed by atoms with Crippen molar-refractivity contribution in [3.05, 3.63) is 60.7 Å². The second-order valence-electron chi connectivity index (χ2n) is 8.24. The zero-order chi connectivity index (χ0) is 19.5. The molecule has 3 atom stereocenters. The van der Waals surface area contributed by atoms with E-state index in [-0.39, 0.29) is 17.2 Å². The van der Waals surface area contributed by atoms with Crippen molar-refractivity contribution in [1.29, 1.82) is 0 Å². The topological polar surface area (TPSA) is 38.7 Å². The first-order chi connectivity index (χ1) is 12.9. The van der Waals surface area contributed by atoms with Gasteiger partial charge in [-0.3, -0.25) is 0 Å². The third-order valence-electron chi connectivity index (χ3n) is 5.27. The summed E-state index contributed by atoms with van der Waals surface area (Å²) in [5.74, 6) is 0. The average Bonchev–Trinajstić information content (AvgIpc) is 2.66. The molecular formula is C22H29IO3Si. The maximum Gasteiger partial charge on any atom is 0.261 e. The van der Waals surface area contributed by atoms with Gasteiger partial charge in [-0.15, -0.1) is 0 Å². The molecular weight excluding hydrogens is 467 g/mol. The van der Waals surface area contributed by atoms with Gasteiger partial charge in [0, 0.05) is 10.8 Å². The Bertz CT molecular complexity index is 678. The fraction of sp³-hybridized carbons (Fsp3) is 0.455. The van der Waals surface area contributed by atoms with Gasteiger partial charge in [-0.05, 0) is 21.8 Å². The molecule has 0 spiro atoms. The molecule has 3 nitrogen and oxygen atoms in total.